The van der Waals surface area contributed by atoms with Crippen LogP contribution < -0.4 is 4.74 Å². The Bertz CT molecular complexity index is 982. The highest BCUT2D eigenvalue weighted by Gasteiger charge is 2.28. The number of methoxy groups -OCH3 is 1. The van der Waals surface area contributed by atoms with E-state index in [1.54, 1.807) is 7.11 Å². The molecule has 0 amide bonds. The lowest BCUT2D eigenvalue weighted by Crippen LogP contribution is -2.20. The van der Waals surface area contributed by atoms with Gasteiger partial charge in [-0.05, 0) is 57.4 Å². The molecule has 0 bridgehead atoms. The van der Waals surface area contributed by atoms with Gasteiger partial charge >= 0.3 is 0 Å². The molecular formula is C28H34NO+. The zero-order chi connectivity index (χ0) is 21.8. The maximum atomic E-state index is 5.41. The van der Waals surface area contributed by atoms with E-state index in [4.69, 9.17) is 4.74 Å². The second-order valence-corrected chi connectivity index (χ2v) is 8.67. The van der Waals surface area contributed by atoms with E-state index in [-0.39, 0.29) is 0 Å². The second-order valence-electron chi connectivity index (χ2n) is 8.67. The molecule has 2 aromatic carbocycles. The summed E-state index contributed by atoms with van der Waals surface area (Å²) in [5.41, 5.74) is 9.14. The van der Waals surface area contributed by atoms with Gasteiger partial charge in [0.05, 0.1) is 7.11 Å². The fourth-order valence-electron chi connectivity index (χ4n) is 3.95. The molecule has 1 aliphatic rings. The number of benzene rings is 2. The van der Waals surface area contributed by atoms with Crippen LogP contribution in [-0.2, 0) is 0 Å². The summed E-state index contributed by atoms with van der Waals surface area (Å²) in [5.74, 6) is 1.70. The molecule has 30 heavy (non-hydrogen) atoms. The van der Waals surface area contributed by atoms with Gasteiger partial charge in [0.15, 0.2) is 5.71 Å². The van der Waals surface area contributed by atoms with Crippen molar-refractivity contribution < 1.29 is 9.31 Å². The van der Waals surface area contributed by atoms with E-state index in [0.717, 1.165) is 5.75 Å². The fraction of sp³-hybridized carbons (Fsp3) is 0.321. The van der Waals surface area contributed by atoms with Crippen LogP contribution in [0.1, 0.15) is 38.8 Å². The molecule has 0 spiro atoms. The lowest BCUT2D eigenvalue weighted by molar-refractivity contribution is -0.462. The van der Waals surface area contributed by atoms with Gasteiger partial charge in [-0.3, -0.25) is 0 Å². The van der Waals surface area contributed by atoms with E-state index in [9.17, 15) is 0 Å². The molecule has 2 aromatic rings. The van der Waals surface area contributed by atoms with Crippen molar-refractivity contribution in [2.75, 3.05) is 21.2 Å². The Labute approximate surface area is 181 Å². The summed E-state index contributed by atoms with van der Waals surface area (Å²) < 4.78 is 7.62. The average Bonchev–Trinajstić information content (AvgIpc) is 2.74. The first-order chi connectivity index (χ1) is 14.3. The molecule has 0 fully saturated rings. The van der Waals surface area contributed by atoms with Crippen molar-refractivity contribution in [3.8, 4) is 5.75 Å². The molecule has 0 heterocycles. The third kappa shape index (κ3) is 4.48. The van der Waals surface area contributed by atoms with Crippen molar-refractivity contribution in [2.45, 2.75) is 27.7 Å². The molecule has 2 heteroatoms. The van der Waals surface area contributed by atoms with Gasteiger partial charge in [0, 0.05) is 12.2 Å². The molecule has 0 saturated heterocycles. The number of hydrogen-bond acceptors (Lipinski definition) is 1. The Hall–Kier alpha value is -2.87. The summed E-state index contributed by atoms with van der Waals surface area (Å²) in [4.78, 5) is 0. The van der Waals surface area contributed by atoms with Crippen LogP contribution >= 0.6 is 0 Å². The van der Waals surface area contributed by atoms with Gasteiger partial charge in [-0.15, -0.1) is 0 Å². The van der Waals surface area contributed by atoms with Crippen molar-refractivity contribution in [1.82, 2.24) is 0 Å². The highest BCUT2D eigenvalue weighted by Crippen LogP contribution is 2.41. The SMILES string of the molecule is COc1ccc(C(=C2C(C(C)C)=CC(=[N+](C)C)C=C2C(C)C)c2ccccc2)cc1. The van der Waals surface area contributed by atoms with Crippen molar-refractivity contribution in [3.63, 3.8) is 0 Å². The minimum absolute atomic E-state index is 0.411. The first-order valence-electron chi connectivity index (χ1n) is 10.8. The summed E-state index contributed by atoms with van der Waals surface area (Å²) in [5, 5.41) is 0. The summed E-state index contributed by atoms with van der Waals surface area (Å²) in [7, 11) is 5.95. The Kier molecular flexibility index (Phi) is 6.77. The first-order valence-corrected chi connectivity index (χ1v) is 10.8. The normalized spacial score (nSPS) is 14.0. The summed E-state index contributed by atoms with van der Waals surface area (Å²) in [6.07, 6.45) is 4.72. The predicted octanol–water partition coefficient (Wildman–Crippen LogP) is 6.39. The van der Waals surface area contributed by atoms with Crippen molar-refractivity contribution in [1.29, 1.82) is 0 Å². The van der Waals surface area contributed by atoms with Crippen molar-refractivity contribution in [3.05, 3.63) is 94.6 Å². The van der Waals surface area contributed by atoms with E-state index in [0.29, 0.717) is 11.8 Å². The van der Waals surface area contributed by atoms with Crippen LogP contribution in [0.2, 0.25) is 0 Å². The number of ether oxygens (including phenoxy) is 1. The maximum Gasteiger partial charge on any atom is 0.200 e. The zero-order valence-corrected chi connectivity index (χ0v) is 19.4. The van der Waals surface area contributed by atoms with Gasteiger partial charge in [0.1, 0.15) is 19.8 Å². The van der Waals surface area contributed by atoms with Crippen LogP contribution in [0.3, 0.4) is 0 Å². The fourth-order valence-corrected chi connectivity index (χ4v) is 3.95. The molecule has 3 rings (SSSR count). The van der Waals surface area contributed by atoms with Crippen LogP contribution in [0.25, 0.3) is 5.57 Å². The average molecular weight is 401 g/mol. The minimum Gasteiger partial charge on any atom is -0.497 e. The second kappa shape index (κ2) is 9.30. The van der Waals surface area contributed by atoms with Gasteiger partial charge < -0.3 is 4.74 Å². The van der Waals surface area contributed by atoms with E-state index in [2.05, 4.69) is 113 Å². The zero-order valence-electron chi connectivity index (χ0n) is 19.4. The summed E-state index contributed by atoms with van der Waals surface area (Å²) in [6.45, 7) is 9.16. The van der Waals surface area contributed by atoms with Crippen LogP contribution in [0, 0.1) is 11.8 Å². The van der Waals surface area contributed by atoms with Crippen LogP contribution in [0.4, 0.5) is 0 Å². The lowest BCUT2D eigenvalue weighted by Gasteiger charge is -2.28. The highest BCUT2D eigenvalue weighted by molar-refractivity contribution is 6.06. The van der Waals surface area contributed by atoms with Crippen LogP contribution in [0.15, 0.2) is 83.5 Å². The number of hydrogen-bond donors (Lipinski definition) is 0. The third-order valence-corrected chi connectivity index (χ3v) is 5.64. The quantitative estimate of drug-likeness (QED) is 0.530. The van der Waals surface area contributed by atoms with Crippen LogP contribution in [-0.4, -0.2) is 31.5 Å². The lowest BCUT2D eigenvalue weighted by atomic mass is 9.75. The van der Waals surface area contributed by atoms with Crippen LogP contribution in [0.5, 0.6) is 5.75 Å². The van der Waals surface area contributed by atoms with Crippen molar-refractivity contribution >= 4 is 11.3 Å². The largest absolute Gasteiger partial charge is 0.497 e. The molecule has 0 atom stereocenters. The van der Waals surface area contributed by atoms with Gasteiger partial charge in [0.2, 0.25) is 0 Å². The van der Waals surface area contributed by atoms with E-state index >= 15 is 0 Å². The molecular weight excluding hydrogens is 366 g/mol. The smallest absolute Gasteiger partial charge is 0.200 e. The molecule has 0 aromatic heterocycles. The van der Waals surface area contributed by atoms with Gasteiger partial charge in [-0.25, -0.2) is 4.58 Å². The molecule has 0 saturated carbocycles. The standard InChI is InChI=1S/C28H34NO/c1-19(2)25-17-23(29(5)6)18-26(20(3)4)28(25)27(21-11-9-8-10-12-21)22-13-15-24(30-7)16-14-22/h8-20H,1-7H3/q+1. The van der Waals surface area contributed by atoms with E-state index < -0.39 is 0 Å². The topological polar surface area (TPSA) is 12.2 Å². The van der Waals surface area contributed by atoms with Gasteiger partial charge in [-0.1, -0.05) is 70.2 Å². The van der Waals surface area contributed by atoms with Crippen molar-refractivity contribution in [2.24, 2.45) is 11.8 Å². The number of rotatable bonds is 5. The van der Waals surface area contributed by atoms with E-state index in [1.165, 1.54) is 39.1 Å². The number of nitrogens with zero attached hydrogens (tertiary/aromatic N) is 1. The minimum atomic E-state index is 0.411. The predicted molar refractivity (Wildman–Crippen MR) is 128 cm³/mol. The Morgan fingerprint density at radius 2 is 1.23 bits per heavy atom. The first kappa shape index (κ1) is 21.8. The number of allylic oxidation sites excluding steroid dienone is 5. The molecule has 0 N–H and O–H groups in total. The third-order valence-electron chi connectivity index (χ3n) is 5.64. The Morgan fingerprint density at radius 3 is 1.67 bits per heavy atom. The molecule has 0 radical (unpaired) electrons. The molecule has 0 aliphatic heterocycles. The molecule has 2 nitrogen and oxygen atoms in total. The molecule has 1 aliphatic carbocycles. The Morgan fingerprint density at radius 1 is 0.733 bits per heavy atom. The summed E-state index contributed by atoms with van der Waals surface area (Å²) in [6, 6.07) is 19.2. The van der Waals surface area contributed by atoms with Gasteiger partial charge in [-0.2, -0.15) is 0 Å². The summed E-state index contributed by atoms with van der Waals surface area (Å²) >= 11 is 0. The molecule has 0 unspecified atom stereocenters. The monoisotopic (exact) mass is 400 g/mol. The Balaban J connectivity index is 2.41. The van der Waals surface area contributed by atoms with E-state index in [1.807, 2.05) is 0 Å². The maximum absolute atomic E-state index is 5.41. The highest BCUT2D eigenvalue weighted by atomic mass is 16.5. The van der Waals surface area contributed by atoms with Gasteiger partial charge in [0.25, 0.3) is 0 Å². The molecule has 156 valence electrons.